The molecule has 2 aliphatic carbocycles. The van der Waals surface area contributed by atoms with Gasteiger partial charge in [-0.3, -0.25) is 4.79 Å². The first kappa shape index (κ1) is 16.0. The van der Waals surface area contributed by atoms with E-state index in [-0.39, 0.29) is 22.5 Å². The molecule has 1 spiro atoms. The fourth-order valence-corrected chi connectivity index (χ4v) is 5.34. The van der Waals surface area contributed by atoms with E-state index in [4.69, 9.17) is 4.43 Å². The number of carbonyl (C=O) groups is 1. The third-order valence-corrected chi connectivity index (χ3v) is 10.6. The summed E-state index contributed by atoms with van der Waals surface area (Å²) in [4.78, 5) is 11.6. The van der Waals surface area contributed by atoms with Crippen LogP contribution in [0.3, 0.4) is 0 Å². The van der Waals surface area contributed by atoms with E-state index in [9.17, 15) is 9.90 Å². The van der Waals surface area contributed by atoms with E-state index >= 15 is 0 Å². The van der Waals surface area contributed by atoms with Gasteiger partial charge in [-0.05, 0) is 43.8 Å². The van der Waals surface area contributed by atoms with Gasteiger partial charge in [-0.15, -0.1) is 0 Å². The highest BCUT2D eigenvalue weighted by atomic mass is 28.4. The van der Waals surface area contributed by atoms with Crippen molar-refractivity contribution in [2.75, 3.05) is 0 Å². The molecule has 2 saturated carbocycles. The Balaban J connectivity index is 2.22. The van der Waals surface area contributed by atoms with Crippen LogP contribution in [0.1, 0.15) is 59.3 Å². The molecule has 0 radical (unpaired) electrons. The maximum absolute atomic E-state index is 11.6. The van der Waals surface area contributed by atoms with Crippen LogP contribution in [0, 0.1) is 11.3 Å². The lowest BCUT2D eigenvalue weighted by Crippen LogP contribution is -2.49. The predicted octanol–water partition coefficient (Wildman–Crippen LogP) is 4.43. The molecule has 0 bridgehead atoms. The van der Waals surface area contributed by atoms with Crippen LogP contribution in [-0.4, -0.2) is 25.5 Å². The van der Waals surface area contributed by atoms with Crippen molar-refractivity contribution in [2.45, 2.75) is 83.5 Å². The Morgan fingerprint density at radius 2 is 1.75 bits per heavy atom. The van der Waals surface area contributed by atoms with Crippen LogP contribution in [0.25, 0.3) is 0 Å². The molecule has 0 unspecified atom stereocenters. The molecule has 116 valence electrons. The lowest BCUT2D eigenvalue weighted by molar-refractivity contribution is -0.147. The van der Waals surface area contributed by atoms with E-state index in [1.54, 1.807) is 0 Å². The number of rotatable bonds is 3. The fourth-order valence-electron chi connectivity index (χ4n) is 3.92. The van der Waals surface area contributed by atoms with Crippen LogP contribution in [-0.2, 0) is 9.22 Å². The van der Waals surface area contributed by atoms with Gasteiger partial charge in [0.2, 0.25) is 0 Å². The first-order valence-corrected chi connectivity index (χ1v) is 10.9. The summed E-state index contributed by atoms with van der Waals surface area (Å²) in [6.07, 6.45) is 6.33. The Hall–Kier alpha value is -0.353. The van der Waals surface area contributed by atoms with Gasteiger partial charge in [-0.25, -0.2) is 0 Å². The molecule has 0 heterocycles. The number of hydrogen-bond acceptors (Lipinski definition) is 2. The topological polar surface area (TPSA) is 46.5 Å². The molecule has 0 saturated heterocycles. The molecule has 0 aliphatic heterocycles. The Kier molecular flexibility index (Phi) is 4.11. The van der Waals surface area contributed by atoms with Crippen LogP contribution in [0.2, 0.25) is 18.1 Å². The summed E-state index contributed by atoms with van der Waals surface area (Å²) in [5.74, 6) is -0.784. The monoisotopic (exact) mass is 298 g/mol. The highest BCUT2D eigenvalue weighted by molar-refractivity contribution is 6.74. The molecule has 20 heavy (non-hydrogen) atoms. The van der Waals surface area contributed by atoms with Gasteiger partial charge in [0.15, 0.2) is 8.32 Å². The summed E-state index contributed by atoms with van der Waals surface area (Å²) in [5, 5.41) is 9.76. The molecular weight excluding hydrogens is 268 g/mol. The van der Waals surface area contributed by atoms with Crippen molar-refractivity contribution in [3.63, 3.8) is 0 Å². The predicted molar refractivity (Wildman–Crippen MR) is 83.3 cm³/mol. The molecule has 2 rings (SSSR count). The number of hydrogen-bond donors (Lipinski definition) is 1. The van der Waals surface area contributed by atoms with E-state index in [1.165, 1.54) is 0 Å². The zero-order chi connectivity index (χ0) is 15.2. The first-order chi connectivity index (χ1) is 9.10. The van der Waals surface area contributed by atoms with Gasteiger partial charge in [0, 0.05) is 5.41 Å². The van der Waals surface area contributed by atoms with Gasteiger partial charge in [-0.1, -0.05) is 33.6 Å². The average Bonchev–Trinajstić information content (AvgIpc) is 2.86. The molecule has 0 aromatic rings. The molecule has 3 nitrogen and oxygen atoms in total. The van der Waals surface area contributed by atoms with Crippen LogP contribution in [0.4, 0.5) is 0 Å². The lowest BCUT2D eigenvalue weighted by Gasteiger charge is -2.44. The lowest BCUT2D eigenvalue weighted by atomic mass is 9.75. The van der Waals surface area contributed by atoms with Crippen molar-refractivity contribution in [2.24, 2.45) is 11.3 Å². The fraction of sp³-hybridized carbons (Fsp3) is 0.938. The van der Waals surface area contributed by atoms with Crippen molar-refractivity contribution < 1.29 is 14.3 Å². The minimum absolute atomic E-state index is 0.0681. The summed E-state index contributed by atoms with van der Waals surface area (Å²) >= 11 is 0. The molecule has 4 heteroatoms. The van der Waals surface area contributed by atoms with Gasteiger partial charge in [-0.2, -0.15) is 0 Å². The van der Waals surface area contributed by atoms with E-state index in [0.29, 0.717) is 0 Å². The van der Waals surface area contributed by atoms with Crippen molar-refractivity contribution in [3.05, 3.63) is 0 Å². The highest BCUT2D eigenvalue weighted by Gasteiger charge is 2.56. The van der Waals surface area contributed by atoms with E-state index < -0.39 is 14.3 Å². The smallest absolute Gasteiger partial charge is 0.307 e. The summed E-state index contributed by atoms with van der Waals surface area (Å²) in [6.45, 7) is 11.3. The Bertz CT molecular complexity index is 382. The Morgan fingerprint density at radius 1 is 1.20 bits per heavy atom. The third kappa shape index (κ3) is 2.57. The highest BCUT2D eigenvalue weighted by Crippen LogP contribution is 2.57. The number of carboxylic acid groups (broad SMARTS) is 1. The SMILES string of the molecule is CC(C)(C)[Si](C)(C)O[C@@H]1CCC[C@@]12CCC[C@H]2C(=O)O. The summed E-state index contributed by atoms with van der Waals surface area (Å²) in [6, 6.07) is 0. The minimum atomic E-state index is -1.82. The van der Waals surface area contributed by atoms with E-state index in [2.05, 4.69) is 33.9 Å². The molecule has 1 N–H and O–H groups in total. The molecule has 0 amide bonds. The minimum Gasteiger partial charge on any atom is -0.481 e. The molecule has 2 fully saturated rings. The molecule has 0 aromatic carbocycles. The average molecular weight is 298 g/mol. The van der Waals surface area contributed by atoms with Gasteiger partial charge in [0.25, 0.3) is 0 Å². The summed E-state index contributed by atoms with van der Waals surface area (Å²) in [5.41, 5.74) is -0.0681. The summed E-state index contributed by atoms with van der Waals surface area (Å²) < 4.78 is 6.66. The molecule has 3 atom stereocenters. The van der Waals surface area contributed by atoms with Crippen LogP contribution in [0.15, 0.2) is 0 Å². The molecule has 0 aromatic heterocycles. The quantitative estimate of drug-likeness (QED) is 0.784. The van der Waals surface area contributed by atoms with Gasteiger partial charge < -0.3 is 9.53 Å². The van der Waals surface area contributed by atoms with E-state index in [0.717, 1.165) is 38.5 Å². The second-order valence-electron chi connectivity index (χ2n) is 8.28. The van der Waals surface area contributed by atoms with Crippen molar-refractivity contribution in [1.82, 2.24) is 0 Å². The van der Waals surface area contributed by atoms with Crippen LogP contribution >= 0.6 is 0 Å². The van der Waals surface area contributed by atoms with Crippen molar-refractivity contribution in [1.29, 1.82) is 0 Å². The largest absolute Gasteiger partial charge is 0.481 e. The van der Waals surface area contributed by atoms with Gasteiger partial charge >= 0.3 is 5.97 Å². The standard InChI is InChI=1S/C16H30O3Si/c1-15(2,3)20(4,5)19-13-9-7-11-16(13)10-6-8-12(16)14(17)18/h12-13H,6-11H2,1-5H3,(H,17,18)/t12-,13+,16+/m0/s1. The zero-order valence-electron chi connectivity index (χ0n) is 13.7. The maximum atomic E-state index is 11.6. The molecular formula is C16H30O3Si. The first-order valence-electron chi connectivity index (χ1n) is 8.01. The Morgan fingerprint density at radius 3 is 2.25 bits per heavy atom. The second kappa shape index (κ2) is 5.13. The van der Waals surface area contributed by atoms with Gasteiger partial charge in [0.05, 0.1) is 12.0 Å². The normalized spacial score (nSPS) is 34.9. The van der Waals surface area contributed by atoms with Crippen LogP contribution < -0.4 is 0 Å². The van der Waals surface area contributed by atoms with Crippen molar-refractivity contribution >= 4 is 14.3 Å². The number of aliphatic carboxylic acids is 1. The van der Waals surface area contributed by atoms with Gasteiger partial charge in [0.1, 0.15) is 0 Å². The zero-order valence-corrected chi connectivity index (χ0v) is 14.7. The van der Waals surface area contributed by atoms with Crippen LogP contribution in [0.5, 0.6) is 0 Å². The third-order valence-electron chi connectivity index (χ3n) is 6.12. The maximum Gasteiger partial charge on any atom is 0.307 e. The summed E-state index contributed by atoms with van der Waals surface area (Å²) in [7, 11) is -1.82. The second-order valence-corrected chi connectivity index (χ2v) is 13.0. The Labute approximate surface area is 124 Å². The number of carboxylic acids is 1. The van der Waals surface area contributed by atoms with E-state index in [1.807, 2.05) is 0 Å². The molecule has 2 aliphatic rings. The van der Waals surface area contributed by atoms with Crippen molar-refractivity contribution in [3.8, 4) is 0 Å².